The van der Waals surface area contributed by atoms with Crippen LogP contribution in [-0.2, 0) is 0 Å². The van der Waals surface area contributed by atoms with Crippen molar-refractivity contribution in [2.45, 2.75) is 39.7 Å². The first-order valence-corrected chi connectivity index (χ1v) is 5.12. The molecule has 1 atom stereocenters. The molecule has 0 rings (SSSR count). The van der Waals surface area contributed by atoms with E-state index in [9.17, 15) is 0 Å². The molecule has 0 aromatic carbocycles. The predicted octanol–water partition coefficient (Wildman–Crippen LogP) is 1.72. The molecule has 0 spiro atoms. The lowest BCUT2D eigenvalue weighted by atomic mass is 10.3. The van der Waals surface area contributed by atoms with Gasteiger partial charge in [0.15, 0.2) is 0 Å². The summed E-state index contributed by atoms with van der Waals surface area (Å²) in [5.41, 5.74) is 0. The Balaban J connectivity index is 3.26. The molecule has 0 aromatic rings. The zero-order chi connectivity index (χ0) is 9.40. The second-order valence-corrected chi connectivity index (χ2v) is 3.56. The quantitative estimate of drug-likeness (QED) is 0.588. The van der Waals surface area contributed by atoms with Crippen molar-refractivity contribution in [3.8, 4) is 0 Å². The lowest BCUT2D eigenvalue weighted by molar-refractivity contribution is 0.310. The van der Waals surface area contributed by atoms with Crippen LogP contribution < -0.4 is 5.32 Å². The molecular weight excluding hydrogens is 148 g/mol. The molecule has 0 aromatic heterocycles. The van der Waals surface area contributed by atoms with Crippen LogP contribution >= 0.6 is 0 Å². The van der Waals surface area contributed by atoms with Gasteiger partial charge in [-0.15, -0.1) is 0 Å². The second-order valence-electron chi connectivity index (χ2n) is 3.56. The normalized spacial score (nSPS) is 13.8. The fraction of sp³-hybridized carbons (Fsp3) is 1.00. The molecule has 0 saturated heterocycles. The fourth-order valence-corrected chi connectivity index (χ4v) is 1.19. The Morgan fingerprint density at radius 3 is 2.50 bits per heavy atom. The van der Waals surface area contributed by atoms with Crippen molar-refractivity contribution in [3.63, 3.8) is 0 Å². The van der Waals surface area contributed by atoms with Gasteiger partial charge in [0, 0.05) is 12.6 Å². The van der Waals surface area contributed by atoms with Crippen molar-refractivity contribution in [2.24, 2.45) is 0 Å². The smallest absolute Gasteiger partial charge is 0.0166 e. The predicted molar refractivity (Wildman–Crippen MR) is 55.5 cm³/mol. The van der Waals surface area contributed by atoms with E-state index in [2.05, 4.69) is 38.0 Å². The van der Waals surface area contributed by atoms with Crippen molar-refractivity contribution in [2.75, 3.05) is 26.7 Å². The molecule has 0 amide bonds. The van der Waals surface area contributed by atoms with E-state index in [1.54, 1.807) is 0 Å². The number of unbranched alkanes of at least 4 members (excludes halogenated alkanes) is 1. The molecule has 12 heavy (non-hydrogen) atoms. The summed E-state index contributed by atoms with van der Waals surface area (Å²) in [7, 11) is 2.16. The fourth-order valence-electron chi connectivity index (χ4n) is 1.19. The van der Waals surface area contributed by atoms with Gasteiger partial charge in [-0.1, -0.05) is 20.3 Å². The molecule has 2 heteroatoms. The average Bonchev–Trinajstić information content (AvgIpc) is 2.05. The Morgan fingerprint density at radius 2 is 2.00 bits per heavy atom. The van der Waals surface area contributed by atoms with Gasteiger partial charge in [0.2, 0.25) is 0 Å². The third-order valence-electron chi connectivity index (χ3n) is 2.15. The molecule has 0 saturated carbocycles. The van der Waals surface area contributed by atoms with Crippen LogP contribution in [0.15, 0.2) is 0 Å². The highest BCUT2D eigenvalue weighted by Crippen LogP contribution is 1.89. The monoisotopic (exact) mass is 172 g/mol. The van der Waals surface area contributed by atoms with Crippen molar-refractivity contribution in [1.82, 2.24) is 10.2 Å². The minimum Gasteiger partial charge on any atom is -0.313 e. The average molecular weight is 172 g/mol. The molecule has 0 bridgehead atoms. The SMILES string of the molecule is CCCCNC(C)CN(C)CC. The van der Waals surface area contributed by atoms with Gasteiger partial charge in [-0.25, -0.2) is 0 Å². The number of rotatable bonds is 7. The van der Waals surface area contributed by atoms with E-state index >= 15 is 0 Å². The lowest BCUT2D eigenvalue weighted by Crippen LogP contribution is -2.37. The Labute approximate surface area is 77.3 Å². The van der Waals surface area contributed by atoms with E-state index in [0.29, 0.717) is 6.04 Å². The zero-order valence-electron chi connectivity index (χ0n) is 9.06. The minimum absolute atomic E-state index is 0.626. The maximum atomic E-state index is 3.51. The van der Waals surface area contributed by atoms with E-state index in [4.69, 9.17) is 0 Å². The van der Waals surface area contributed by atoms with Gasteiger partial charge in [-0.2, -0.15) is 0 Å². The summed E-state index contributed by atoms with van der Waals surface area (Å²) < 4.78 is 0. The van der Waals surface area contributed by atoms with Gasteiger partial charge < -0.3 is 10.2 Å². The van der Waals surface area contributed by atoms with Crippen LogP contribution in [0.1, 0.15) is 33.6 Å². The van der Waals surface area contributed by atoms with Crippen molar-refractivity contribution < 1.29 is 0 Å². The Hall–Kier alpha value is -0.0800. The summed E-state index contributed by atoms with van der Waals surface area (Å²) in [6.45, 7) is 10.1. The molecule has 0 heterocycles. The van der Waals surface area contributed by atoms with Crippen LogP contribution in [0.25, 0.3) is 0 Å². The van der Waals surface area contributed by atoms with Gasteiger partial charge in [0.05, 0.1) is 0 Å². The Bertz CT molecular complexity index is 93.8. The highest BCUT2D eigenvalue weighted by atomic mass is 15.1. The third kappa shape index (κ3) is 6.62. The van der Waals surface area contributed by atoms with Gasteiger partial charge in [0.1, 0.15) is 0 Å². The number of hydrogen-bond donors (Lipinski definition) is 1. The highest BCUT2D eigenvalue weighted by Gasteiger charge is 2.02. The Morgan fingerprint density at radius 1 is 1.33 bits per heavy atom. The summed E-state index contributed by atoms with van der Waals surface area (Å²) in [6.07, 6.45) is 2.57. The van der Waals surface area contributed by atoms with Crippen molar-refractivity contribution >= 4 is 0 Å². The Kier molecular flexibility index (Phi) is 7.51. The molecule has 0 fully saturated rings. The van der Waals surface area contributed by atoms with Crippen LogP contribution in [0.2, 0.25) is 0 Å². The molecule has 2 nitrogen and oxygen atoms in total. The van der Waals surface area contributed by atoms with E-state index in [-0.39, 0.29) is 0 Å². The summed E-state index contributed by atoms with van der Waals surface area (Å²) in [6, 6.07) is 0.626. The number of nitrogens with zero attached hydrogens (tertiary/aromatic N) is 1. The van der Waals surface area contributed by atoms with Gasteiger partial charge in [0.25, 0.3) is 0 Å². The lowest BCUT2D eigenvalue weighted by Gasteiger charge is -2.20. The van der Waals surface area contributed by atoms with Gasteiger partial charge >= 0.3 is 0 Å². The summed E-state index contributed by atoms with van der Waals surface area (Å²) in [5.74, 6) is 0. The molecule has 1 N–H and O–H groups in total. The largest absolute Gasteiger partial charge is 0.313 e. The van der Waals surface area contributed by atoms with E-state index in [1.807, 2.05) is 0 Å². The highest BCUT2D eigenvalue weighted by molar-refractivity contribution is 4.63. The van der Waals surface area contributed by atoms with E-state index in [0.717, 1.165) is 19.6 Å². The maximum Gasteiger partial charge on any atom is 0.0166 e. The molecule has 0 aliphatic heterocycles. The first-order valence-electron chi connectivity index (χ1n) is 5.12. The van der Waals surface area contributed by atoms with Crippen molar-refractivity contribution in [1.29, 1.82) is 0 Å². The number of likely N-dealkylation sites (N-methyl/N-ethyl adjacent to an activating group) is 1. The molecule has 0 radical (unpaired) electrons. The van der Waals surface area contributed by atoms with Crippen LogP contribution in [0, 0.1) is 0 Å². The second kappa shape index (κ2) is 7.56. The molecule has 0 aliphatic rings. The first-order chi connectivity index (χ1) is 5.70. The van der Waals surface area contributed by atoms with Gasteiger partial charge in [-0.05, 0) is 33.5 Å². The van der Waals surface area contributed by atoms with Crippen molar-refractivity contribution in [3.05, 3.63) is 0 Å². The summed E-state index contributed by atoms with van der Waals surface area (Å²) in [4.78, 5) is 2.34. The van der Waals surface area contributed by atoms with Crippen LogP contribution in [0.3, 0.4) is 0 Å². The van der Waals surface area contributed by atoms with Crippen LogP contribution in [0.4, 0.5) is 0 Å². The van der Waals surface area contributed by atoms with E-state index < -0.39 is 0 Å². The molecule has 0 aliphatic carbocycles. The summed E-state index contributed by atoms with van der Waals surface area (Å²) in [5, 5.41) is 3.51. The molecule has 1 unspecified atom stereocenters. The topological polar surface area (TPSA) is 15.3 Å². The zero-order valence-corrected chi connectivity index (χ0v) is 9.06. The minimum atomic E-state index is 0.626. The molecule has 74 valence electrons. The van der Waals surface area contributed by atoms with Gasteiger partial charge in [-0.3, -0.25) is 0 Å². The first kappa shape index (κ1) is 11.9. The van der Waals surface area contributed by atoms with Crippen LogP contribution in [-0.4, -0.2) is 37.6 Å². The number of nitrogens with one attached hydrogen (secondary N) is 1. The molecular formula is C10H24N2. The number of hydrogen-bond acceptors (Lipinski definition) is 2. The van der Waals surface area contributed by atoms with Crippen LogP contribution in [0.5, 0.6) is 0 Å². The third-order valence-corrected chi connectivity index (χ3v) is 2.15. The standard InChI is InChI=1S/C10H24N2/c1-5-7-8-11-10(3)9-12(4)6-2/h10-11H,5-9H2,1-4H3. The summed E-state index contributed by atoms with van der Waals surface area (Å²) >= 11 is 0. The van der Waals surface area contributed by atoms with E-state index in [1.165, 1.54) is 12.8 Å². The maximum absolute atomic E-state index is 3.51.